The molecule has 4 rings (SSSR count). The lowest BCUT2D eigenvalue weighted by Crippen LogP contribution is -2.54. The number of alkyl carbamates (subject to hydrolysis) is 2. The first-order chi connectivity index (χ1) is 26.6. The standard InChI is InChI=1S/C41H56N6O9/c1-24(2)34(44-40(53)55-6)36(49)31-10-8-11-32(31)37(50)42-29-17-13-27(14-18-29)22-46(26(5)48)23-28-15-19-30(20-16-28)43-38(51)33-12-9-21-47(33)39(52)35(25(3)4)45-41(54)56-7/h13-20,24-25,31-35H,8-12,21-23H2,1-7H3,(H,42,50)(H,43,51)(H,44,53)(H,45,54)/t31?,32-,33+,34+,35+/m1/s1. The largest absolute Gasteiger partial charge is 0.453 e. The molecule has 2 aromatic rings. The van der Waals surface area contributed by atoms with Crippen molar-refractivity contribution in [2.45, 2.75) is 97.9 Å². The molecule has 304 valence electrons. The molecule has 1 saturated heterocycles. The monoisotopic (exact) mass is 776 g/mol. The Labute approximate surface area is 328 Å². The predicted octanol–water partition coefficient (Wildman–Crippen LogP) is 4.85. The Hall–Kier alpha value is -5.47. The lowest BCUT2D eigenvalue weighted by molar-refractivity contribution is -0.139. The predicted molar refractivity (Wildman–Crippen MR) is 209 cm³/mol. The third-order valence-corrected chi connectivity index (χ3v) is 10.5. The number of hydrogen-bond acceptors (Lipinski definition) is 9. The normalized spacial score (nSPS) is 18.8. The van der Waals surface area contributed by atoms with Crippen molar-refractivity contribution in [2.75, 3.05) is 31.4 Å². The molecule has 56 heavy (non-hydrogen) atoms. The molecule has 2 aliphatic rings. The van der Waals surface area contributed by atoms with Crippen LogP contribution in [0.4, 0.5) is 21.0 Å². The zero-order valence-corrected chi connectivity index (χ0v) is 33.4. The second kappa shape index (κ2) is 19.9. The second-order valence-corrected chi connectivity index (χ2v) is 15.2. The number of ketones is 1. The zero-order chi connectivity index (χ0) is 41.1. The van der Waals surface area contributed by atoms with Gasteiger partial charge in [0, 0.05) is 49.8 Å². The summed E-state index contributed by atoms with van der Waals surface area (Å²) < 4.78 is 9.37. The number of ether oxygens (including phenoxy) is 2. The van der Waals surface area contributed by atoms with E-state index in [0.717, 1.165) is 17.5 Å². The molecule has 4 N–H and O–H groups in total. The number of methoxy groups -OCH3 is 2. The summed E-state index contributed by atoms with van der Waals surface area (Å²) in [5.74, 6) is -2.61. The minimum absolute atomic E-state index is 0.134. The molecule has 2 aromatic carbocycles. The fraction of sp³-hybridized carbons (Fsp3) is 0.537. The van der Waals surface area contributed by atoms with Gasteiger partial charge in [-0.15, -0.1) is 0 Å². The van der Waals surface area contributed by atoms with Crippen LogP contribution in [-0.2, 0) is 46.5 Å². The van der Waals surface area contributed by atoms with Crippen molar-refractivity contribution in [3.63, 3.8) is 0 Å². The van der Waals surface area contributed by atoms with Crippen molar-refractivity contribution < 1.29 is 43.0 Å². The first-order valence-corrected chi connectivity index (χ1v) is 19.2. The number of benzene rings is 2. The molecule has 0 radical (unpaired) electrons. The van der Waals surface area contributed by atoms with Gasteiger partial charge in [-0.2, -0.15) is 0 Å². The Bertz CT molecular complexity index is 1610. The number of nitrogens with one attached hydrogen (secondary N) is 4. The van der Waals surface area contributed by atoms with Gasteiger partial charge < -0.3 is 40.5 Å². The van der Waals surface area contributed by atoms with E-state index in [-0.39, 0.29) is 41.2 Å². The molecule has 0 spiro atoms. The number of hydrogen-bond donors (Lipinski definition) is 4. The molecule has 15 heteroatoms. The van der Waals surface area contributed by atoms with E-state index in [1.165, 1.54) is 26.0 Å². The van der Waals surface area contributed by atoms with Gasteiger partial charge in [-0.25, -0.2) is 9.59 Å². The van der Waals surface area contributed by atoms with E-state index in [4.69, 9.17) is 4.74 Å². The molecule has 1 saturated carbocycles. The third kappa shape index (κ3) is 11.3. The van der Waals surface area contributed by atoms with Gasteiger partial charge >= 0.3 is 12.2 Å². The first-order valence-electron chi connectivity index (χ1n) is 19.2. The minimum atomic E-state index is -0.825. The maximum Gasteiger partial charge on any atom is 0.407 e. The van der Waals surface area contributed by atoms with Crippen LogP contribution in [0, 0.1) is 23.7 Å². The Kier molecular flexibility index (Phi) is 15.4. The smallest absolute Gasteiger partial charge is 0.407 e. The van der Waals surface area contributed by atoms with Crippen LogP contribution in [0.3, 0.4) is 0 Å². The maximum absolute atomic E-state index is 13.4. The fourth-order valence-corrected chi connectivity index (χ4v) is 7.35. The van der Waals surface area contributed by atoms with Crippen LogP contribution >= 0.6 is 0 Å². The average molecular weight is 777 g/mol. The van der Waals surface area contributed by atoms with Crippen molar-refractivity contribution in [1.82, 2.24) is 20.4 Å². The molecule has 0 bridgehead atoms. The highest BCUT2D eigenvalue weighted by molar-refractivity contribution is 5.99. The van der Waals surface area contributed by atoms with E-state index >= 15 is 0 Å². The summed E-state index contributed by atoms with van der Waals surface area (Å²) in [6.07, 6.45) is 1.63. The summed E-state index contributed by atoms with van der Waals surface area (Å²) in [4.78, 5) is 93.0. The molecule has 1 heterocycles. The fourth-order valence-electron chi connectivity index (χ4n) is 7.35. The Morgan fingerprint density at radius 3 is 1.64 bits per heavy atom. The molecule has 5 atom stereocenters. The van der Waals surface area contributed by atoms with Crippen molar-refractivity contribution >= 4 is 53.0 Å². The summed E-state index contributed by atoms with van der Waals surface area (Å²) in [5.41, 5.74) is 2.81. The lowest BCUT2D eigenvalue weighted by atomic mass is 9.84. The Morgan fingerprint density at radius 2 is 1.16 bits per heavy atom. The molecule has 1 aliphatic heterocycles. The maximum atomic E-state index is 13.4. The van der Waals surface area contributed by atoms with Gasteiger partial charge in [-0.1, -0.05) is 58.4 Å². The molecular weight excluding hydrogens is 720 g/mol. The van der Waals surface area contributed by atoms with Crippen LogP contribution in [-0.4, -0.2) is 90.3 Å². The summed E-state index contributed by atoms with van der Waals surface area (Å²) in [7, 11) is 2.47. The van der Waals surface area contributed by atoms with Gasteiger partial charge in [-0.05, 0) is 72.9 Å². The van der Waals surface area contributed by atoms with Gasteiger partial charge in [0.25, 0.3) is 0 Å². The SMILES string of the molecule is COC(=O)N[C@H](C(=O)C1CCC[C@H]1C(=O)Nc1ccc(CN(Cc2ccc(NC(=O)[C@@H]3CCCN3C(=O)[C@@H](NC(=O)OC)C(C)C)cc2)C(C)=O)cc1)C(C)C. The molecule has 0 aromatic heterocycles. The van der Waals surface area contributed by atoms with Crippen LogP contribution < -0.4 is 21.3 Å². The lowest BCUT2D eigenvalue weighted by Gasteiger charge is -2.30. The first kappa shape index (κ1) is 43.3. The van der Waals surface area contributed by atoms with E-state index in [1.807, 2.05) is 52.0 Å². The topological polar surface area (TPSA) is 193 Å². The van der Waals surface area contributed by atoms with Gasteiger partial charge in [0.2, 0.25) is 23.6 Å². The van der Waals surface area contributed by atoms with E-state index in [9.17, 15) is 33.6 Å². The average Bonchev–Trinajstić information content (AvgIpc) is 3.87. The summed E-state index contributed by atoms with van der Waals surface area (Å²) in [5, 5.41) is 11.0. The number of carbonyl (C=O) groups is 7. The van der Waals surface area contributed by atoms with Crippen molar-refractivity contribution in [1.29, 1.82) is 0 Å². The van der Waals surface area contributed by atoms with Gasteiger partial charge in [0.1, 0.15) is 12.1 Å². The summed E-state index contributed by atoms with van der Waals surface area (Å²) in [6.45, 7) is 9.83. The number of nitrogens with zero attached hydrogens (tertiary/aromatic N) is 2. The van der Waals surface area contributed by atoms with E-state index in [2.05, 4.69) is 26.0 Å². The van der Waals surface area contributed by atoms with Gasteiger partial charge in [-0.3, -0.25) is 24.0 Å². The van der Waals surface area contributed by atoms with Crippen LogP contribution in [0.15, 0.2) is 48.5 Å². The van der Waals surface area contributed by atoms with E-state index in [1.54, 1.807) is 29.2 Å². The highest BCUT2D eigenvalue weighted by Gasteiger charge is 2.42. The van der Waals surface area contributed by atoms with E-state index in [0.29, 0.717) is 56.7 Å². The van der Waals surface area contributed by atoms with Gasteiger partial charge in [0.05, 0.1) is 20.3 Å². The van der Waals surface area contributed by atoms with Crippen molar-refractivity contribution in [3.05, 3.63) is 59.7 Å². The Morgan fingerprint density at radius 1 is 0.679 bits per heavy atom. The number of carbonyl (C=O) groups excluding carboxylic acids is 7. The molecule has 6 amide bonds. The number of Topliss-reactive ketones (excluding diaryl/α,β-unsaturated/α-hetero) is 1. The molecule has 1 unspecified atom stereocenters. The van der Waals surface area contributed by atoms with Crippen molar-refractivity contribution in [3.8, 4) is 0 Å². The molecular formula is C41H56N6O9. The molecule has 15 nitrogen and oxygen atoms in total. The van der Waals surface area contributed by atoms with Crippen LogP contribution in [0.25, 0.3) is 0 Å². The number of rotatable bonds is 15. The van der Waals surface area contributed by atoms with Crippen LogP contribution in [0.1, 0.15) is 77.8 Å². The highest BCUT2D eigenvalue weighted by Crippen LogP contribution is 2.35. The molecule has 2 fully saturated rings. The third-order valence-electron chi connectivity index (χ3n) is 10.5. The van der Waals surface area contributed by atoms with Crippen molar-refractivity contribution in [2.24, 2.45) is 23.7 Å². The Balaban J connectivity index is 1.32. The van der Waals surface area contributed by atoms with Crippen LogP contribution in [0.5, 0.6) is 0 Å². The summed E-state index contributed by atoms with van der Waals surface area (Å²) in [6, 6.07) is 12.1. The molecule has 1 aliphatic carbocycles. The number of amides is 6. The quantitative estimate of drug-likeness (QED) is 0.196. The number of anilines is 2. The van der Waals surface area contributed by atoms with E-state index < -0.39 is 42.1 Å². The number of likely N-dealkylation sites (tertiary alicyclic amines) is 1. The summed E-state index contributed by atoms with van der Waals surface area (Å²) >= 11 is 0. The zero-order valence-electron chi connectivity index (χ0n) is 33.4. The highest BCUT2D eigenvalue weighted by atomic mass is 16.5. The minimum Gasteiger partial charge on any atom is -0.453 e. The second-order valence-electron chi connectivity index (χ2n) is 15.2. The van der Waals surface area contributed by atoms with Gasteiger partial charge in [0.15, 0.2) is 5.78 Å². The van der Waals surface area contributed by atoms with Crippen LogP contribution in [0.2, 0.25) is 0 Å².